The number of primary amides is 1. The van der Waals surface area contributed by atoms with Crippen molar-refractivity contribution in [1.82, 2.24) is 4.90 Å². The standard InChI is InChI=1S/C20H23ClN4O4/c1-2-3-8-25-17(27)15-13(6-7-14(22)26)24-20(16(15)18(25)28)11-9-10(21)4-5-12(11)23-19(20)29/h4-5,9,13,15-16,24H,2-3,6-8H2,1H3,(H2,22,26)(H,23,29)/p+1/t13-,15+,16-,20+/m0/s1. The van der Waals surface area contributed by atoms with Crippen LogP contribution >= 0.6 is 11.6 Å². The van der Waals surface area contributed by atoms with Crippen molar-refractivity contribution in [3.63, 3.8) is 0 Å². The number of quaternary nitrogens is 1. The molecule has 0 bridgehead atoms. The molecule has 4 atom stereocenters. The maximum absolute atomic E-state index is 13.4. The van der Waals surface area contributed by atoms with Gasteiger partial charge in [0, 0.05) is 30.0 Å². The van der Waals surface area contributed by atoms with Gasteiger partial charge >= 0.3 is 0 Å². The minimum atomic E-state index is -1.26. The summed E-state index contributed by atoms with van der Waals surface area (Å²) < 4.78 is 0. The van der Waals surface area contributed by atoms with Crippen LogP contribution < -0.4 is 16.4 Å². The van der Waals surface area contributed by atoms with Crippen LogP contribution in [0.4, 0.5) is 5.69 Å². The Balaban J connectivity index is 1.81. The van der Waals surface area contributed by atoms with Crippen LogP contribution in [0.5, 0.6) is 0 Å². The van der Waals surface area contributed by atoms with E-state index >= 15 is 0 Å². The van der Waals surface area contributed by atoms with Crippen LogP contribution in [0.15, 0.2) is 18.2 Å². The molecule has 3 aliphatic heterocycles. The van der Waals surface area contributed by atoms with Gasteiger partial charge in [-0.2, -0.15) is 0 Å². The Morgan fingerprint density at radius 2 is 2.07 bits per heavy atom. The van der Waals surface area contributed by atoms with Gasteiger partial charge in [0.15, 0.2) is 0 Å². The molecule has 9 heteroatoms. The number of fused-ring (bicyclic) bond motifs is 4. The van der Waals surface area contributed by atoms with Crippen LogP contribution in [-0.2, 0) is 24.7 Å². The van der Waals surface area contributed by atoms with E-state index < -0.39 is 29.3 Å². The summed E-state index contributed by atoms with van der Waals surface area (Å²) >= 11 is 6.20. The Bertz CT molecular complexity index is 920. The first-order chi connectivity index (χ1) is 13.8. The Morgan fingerprint density at radius 1 is 1.31 bits per heavy atom. The number of hydrogen-bond donors (Lipinski definition) is 3. The predicted molar refractivity (Wildman–Crippen MR) is 105 cm³/mol. The monoisotopic (exact) mass is 419 g/mol. The molecule has 4 amide bonds. The zero-order valence-corrected chi connectivity index (χ0v) is 16.9. The SMILES string of the molecule is CCCCN1C(=O)[C@@H]2[C@H](CCC(N)=O)[NH2+][C@@]3(C(=O)Nc4ccc(Cl)cc43)[C@@H]2C1=O. The fourth-order valence-corrected chi connectivity index (χ4v) is 5.28. The molecule has 2 saturated heterocycles. The highest BCUT2D eigenvalue weighted by Gasteiger charge is 2.73. The van der Waals surface area contributed by atoms with Crippen molar-refractivity contribution in [1.29, 1.82) is 0 Å². The molecule has 1 aromatic carbocycles. The third-order valence-electron chi connectivity index (χ3n) is 6.38. The number of amides is 4. The van der Waals surface area contributed by atoms with Gasteiger partial charge in [0.25, 0.3) is 5.91 Å². The van der Waals surface area contributed by atoms with Gasteiger partial charge in [-0.05, 0) is 24.6 Å². The van der Waals surface area contributed by atoms with Crippen molar-refractivity contribution in [2.45, 2.75) is 44.2 Å². The van der Waals surface area contributed by atoms with E-state index in [0.29, 0.717) is 35.7 Å². The third-order valence-corrected chi connectivity index (χ3v) is 6.62. The first kappa shape index (κ1) is 19.8. The van der Waals surface area contributed by atoms with E-state index in [-0.39, 0.29) is 24.1 Å². The summed E-state index contributed by atoms with van der Waals surface area (Å²) in [6, 6.07) is 4.67. The van der Waals surface area contributed by atoms with Gasteiger partial charge in [0.1, 0.15) is 17.9 Å². The third kappa shape index (κ3) is 2.85. The van der Waals surface area contributed by atoms with E-state index in [4.69, 9.17) is 17.3 Å². The molecule has 1 aromatic rings. The molecule has 5 N–H and O–H groups in total. The normalized spacial score (nSPS) is 30.1. The number of likely N-dealkylation sites (tertiary alicyclic amines) is 1. The second-order valence-electron chi connectivity index (χ2n) is 8.03. The lowest BCUT2D eigenvalue weighted by atomic mass is 9.76. The first-order valence-corrected chi connectivity index (χ1v) is 10.3. The number of unbranched alkanes of at least 4 members (excludes halogenated alkanes) is 1. The second kappa shape index (κ2) is 7.11. The maximum Gasteiger partial charge on any atom is 0.291 e. The number of rotatable bonds is 6. The zero-order chi connectivity index (χ0) is 20.9. The molecule has 8 nitrogen and oxygen atoms in total. The number of imide groups is 1. The molecule has 0 radical (unpaired) electrons. The Morgan fingerprint density at radius 3 is 2.76 bits per heavy atom. The number of anilines is 1. The predicted octanol–water partition coefficient (Wildman–Crippen LogP) is 0.0998. The molecule has 2 fully saturated rings. The highest BCUT2D eigenvalue weighted by Crippen LogP contribution is 2.50. The average Bonchev–Trinajstić information content (AvgIpc) is 3.24. The number of nitrogens with one attached hydrogen (secondary N) is 1. The summed E-state index contributed by atoms with van der Waals surface area (Å²) in [6.07, 6.45) is 1.95. The molecular weight excluding hydrogens is 396 g/mol. The first-order valence-electron chi connectivity index (χ1n) is 9.92. The largest absolute Gasteiger partial charge is 0.370 e. The van der Waals surface area contributed by atoms with Crippen LogP contribution in [0, 0.1) is 11.8 Å². The summed E-state index contributed by atoms with van der Waals surface area (Å²) in [4.78, 5) is 52.4. The van der Waals surface area contributed by atoms with Crippen molar-refractivity contribution in [3.05, 3.63) is 28.8 Å². The Labute approximate surface area is 173 Å². The molecular formula is C20H24ClN4O4+. The minimum absolute atomic E-state index is 0.0842. The van der Waals surface area contributed by atoms with Crippen molar-refractivity contribution in [3.8, 4) is 0 Å². The lowest BCUT2D eigenvalue weighted by Crippen LogP contribution is -2.99. The molecule has 29 heavy (non-hydrogen) atoms. The number of nitrogens with two attached hydrogens (primary N) is 2. The molecule has 0 aliphatic carbocycles. The van der Waals surface area contributed by atoms with Crippen LogP contribution in [-0.4, -0.2) is 41.1 Å². The quantitative estimate of drug-likeness (QED) is 0.565. The Kier molecular flexibility index (Phi) is 4.86. The summed E-state index contributed by atoms with van der Waals surface area (Å²) in [5.74, 6) is -2.90. The van der Waals surface area contributed by atoms with Gasteiger partial charge in [-0.1, -0.05) is 24.9 Å². The highest BCUT2D eigenvalue weighted by molar-refractivity contribution is 6.31. The van der Waals surface area contributed by atoms with E-state index in [1.54, 1.807) is 23.5 Å². The molecule has 0 unspecified atom stereocenters. The number of halogens is 1. The van der Waals surface area contributed by atoms with Gasteiger partial charge < -0.3 is 16.4 Å². The van der Waals surface area contributed by atoms with Crippen LogP contribution in [0.2, 0.25) is 5.02 Å². The van der Waals surface area contributed by atoms with Crippen LogP contribution in [0.3, 0.4) is 0 Å². The van der Waals surface area contributed by atoms with Gasteiger partial charge in [-0.25, -0.2) is 0 Å². The Hall–Kier alpha value is -2.45. The number of nitrogens with zero attached hydrogens (tertiary/aromatic N) is 1. The van der Waals surface area contributed by atoms with Crippen LogP contribution in [0.1, 0.15) is 38.2 Å². The lowest BCUT2D eigenvalue weighted by molar-refractivity contribution is -0.734. The number of benzene rings is 1. The topological polar surface area (TPSA) is 126 Å². The zero-order valence-electron chi connectivity index (χ0n) is 16.1. The van der Waals surface area contributed by atoms with Gasteiger partial charge in [0.05, 0.1) is 5.69 Å². The van der Waals surface area contributed by atoms with Crippen molar-refractivity contribution in [2.75, 3.05) is 11.9 Å². The van der Waals surface area contributed by atoms with Crippen molar-refractivity contribution in [2.24, 2.45) is 17.6 Å². The fraction of sp³-hybridized carbons (Fsp3) is 0.500. The number of carbonyl (C=O) groups excluding carboxylic acids is 4. The summed E-state index contributed by atoms with van der Waals surface area (Å²) in [7, 11) is 0. The molecule has 3 aliphatic rings. The van der Waals surface area contributed by atoms with E-state index in [2.05, 4.69) is 5.32 Å². The summed E-state index contributed by atoms with van der Waals surface area (Å²) in [6.45, 7) is 2.32. The number of hydrogen-bond acceptors (Lipinski definition) is 4. The molecule has 1 spiro atoms. The van der Waals surface area contributed by atoms with E-state index in [0.717, 1.165) is 6.42 Å². The lowest BCUT2D eigenvalue weighted by Gasteiger charge is -2.26. The highest BCUT2D eigenvalue weighted by atomic mass is 35.5. The van der Waals surface area contributed by atoms with E-state index in [9.17, 15) is 19.2 Å². The van der Waals surface area contributed by atoms with Crippen LogP contribution in [0.25, 0.3) is 0 Å². The molecule has 3 heterocycles. The molecule has 4 rings (SSSR count). The molecule has 0 aromatic heterocycles. The minimum Gasteiger partial charge on any atom is -0.370 e. The molecule has 0 saturated carbocycles. The summed E-state index contributed by atoms with van der Waals surface area (Å²) in [5, 5.41) is 5.08. The van der Waals surface area contributed by atoms with Crippen molar-refractivity contribution < 1.29 is 24.5 Å². The summed E-state index contributed by atoms with van der Waals surface area (Å²) in [5.41, 5.74) is 5.27. The van der Waals surface area contributed by atoms with Gasteiger partial charge in [-0.15, -0.1) is 0 Å². The average molecular weight is 420 g/mol. The van der Waals surface area contributed by atoms with Gasteiger partial charge in [-0.3, -0.25) is 24.1 Å². The number of carbonyl (C=O) groups is 4. The van der Waals surface area contributed by atoms with E-state index in [1.165, 1.54) is 4.90 Å². The van der Waals surface area contributed by atoms with Crippen molar-refractivity contribution >= 4 is 40.9 Å². The second-order valence-corrected chi connectivity index (χ2v) is 8.47. The fourth-order valence-electron chi connectivity index (χ4n) is 5.10. The van der Waals surface area contributed by atoms with Gasteiger partial charge in [0.2, 0.25) is 23.3 Å². The van der Waals surface area contributed by atoms with E-state index in [1.807, 2.05) is 6.92 Å². The maximum atomic E-state index is 13.4. The smallest absolute Gasteiger partial charge is 0.291 e. The molecule has 154 valence electrons.